The number of nitrogens with one attached hydrogen (secondary N) is 1. The van der Waals surface area contributed by atoms with Crippen molar-refractivity contribution in [3.05, 3.63) is 5.89 Å². The second-order valence-electron chi connectivity index (χ2n) is 4.76. The molecule has 1 aliphatic rings. The van der Waals surface area contributed by atoms with Gasteiger partial charge in [0.05, 0.1) is 18.4 Å². The number of rotatable bonds is 5. The fourth-order valence-corrected chi connectivity index (χ4v) is 2.81. The van der Waals surface area contributed by atoms with Crippen molar-refractivity contribution in [2.24, 2.45) is 5.73 Å². The Kier molecular flexibility index (Phi) is 4.98. The molecule has 0 aliphatic heterocycles. The Morgan fingerprint density at radius 1 is 1.45 bits per heavy atom. The quantitative estimate of drug-likeness (QED) is 0.777. The predicted molar refractivity (Wildman–Crippen MR) is 72.5 cm³/mol. The molecule has 0 unspecified atom stereocenters. The highest BCUT2D eigenvalue weighted by atomic mass is 32.2. The number of amides is 1. The highest BCUT2D eigenvalue weighted by Gasteiger charge is 2.33. The van der Waals surface area contributed by atoms with Gasteiger partial charge in [-0.15, -0.1) is 10.2 Å². The average Bonchev–Trinajstić information content (AvgIpc) is 2.94. The summed E-state index contributed by atoms with van der Waals surface area (Å²) in [6.45, 7) is 0.178. The molecule has 1 heterocycles. The highest BCUT2D eigenvalue weighted by molar-refractivity contribution is 7.99. The predicted octanol–water partition coefficient (Wildman–Crippen LogP) is 0.963. The van der Waals surface area contributed by atoms with Crippen LogP contribution in [0.25, 0.3) is 0 Å². The topological polar surface area (TPSA) is 118 Å². The zero-order valence-electron chi connectivity index (χ0n) is 11.1. The van der Waals surface area contributed by atoms with Crippen LogP contribution in [0.5, 0.6) is 0 Å². The molecular weight excluding hydrogens is 278 g/mol. The van der Waals surface area contributed by atoms with Crippen molar-refractivity contribution in [1.82, 2.24) is 15.5 Å². The lowest BCUT2D eigenvalue weighted by Gasteiger charge is -2.31. The molecule has 8 heteroatoms. The molecule has 0 spiro atoms. The van der Waals surface area contributed by atoms with E-state index in [-0.39, 0.29) is 18.2 Å². The standard InChI is InChI=1S/C12H17N5O2S/c13-6-10-16-17-11(19-10)20-7-9(18)15-12(8-14)4-2-1-3-5-12/h1-7,13H2,(H,15,18). The maximum absolute atomic E-state index is 11.9. The van der Waals surface area contributed by atoms with Gasteiger partial charge in [-0.2, -0.15) is 5.26 Å². The van der Waals surface area contributed by atoms with Gasteiger partial charge in [-0.1, -0.05) is 31.0 Å². The summed E-state index contributed by atoms with van der Waals surface area (Å²) in [5.41, 5.74) is 4.66. The van der Waals surface area contributed by atoms with Crippen LogP contribution in [-0.4, -0.2) is 27.4 Å². The molecule has 108 valence electrons. The normalized spacial score (nSPS) is 17.4. The van der Waals surface area contributed by atoms with Gasteiger partial charge < -0.3 is 15.5 Å². The first-order valence-electron chi connectivity index (χ1n) is 6.55. The Balaban J connectivity index is 1.84. The third kappa shape index (κ3) is 3.71. The summed E-state index contributed by atoms with van der Waals surface area (Å²) in [6.07, 6.45) is 4.52. The van der Waals surface area contributed by atoms with Crippen LogP contribution in [0.2, 0.25) is 0 Å². The van der Waals surface area contributed by atoms with Gasteiger partial charge in [0.25, 0.3) is 5.22 Å². The Hall–Kier alpha value is -1.59. The minimum Gasteiger partial charge on any atom is -0.415 e. The average molecular weight is 295 g/mol. The first-order chi connectivity index (χ1) is 9.67. The largest absolute Gasteiger partial charge is 0.415 e. The fraction of sp³-hybridized carbons (Fsp3) is 0.667. The van der Waals surface area contributed by atoms with Crippen LogP contribution in [0, 0.1) is 11.3 Å². The lowest BCUT2D eigenvalue weighted by Crippen LogP contribution is -2.49. The molecule has 1 saturated carbocycles. The van der Waals surface area contributed by atoms with Crippen molar-refractivity contribution in [2.75, 3.05) is 5.75 Å². The molecular formula is C12H17N5O2S. The van der Waals surface area contributed by atoms with Crippen LogP contribution < -0.4 is 11.1 Å². The summed E-state index contributed by atoms with van der Waals surface area (Å²) in [5.74, 6) is 0.301. The molecule has 3 N–H and O–H groups in total. The number of nitriles is 1. The van der Waals surface area contributed by atoms with Crippen LogP contribution in [0.1, 0.15) is 38.0 Å². The van der Waals surface area contributed by atoms with Gasteiger partial charge in [-0.05, 0) is 12.8 Å². The number of carbonyl (C=O) groups is 1. The molecule has 1 aliphatic carbocycles. The maximum Gasteiger partial charge on any atom is 0.277 e. The van der Waals surface area contributed by atoms with E-state index in [1.54, 1.807) is 0 Å². The van der Waals surface area contributed by atoms with Gasteiger partial charge in [0.2, 0.25) is 11.8 Å². The van der Waals surface area contributed by atoms with Crippen molar-refractivity contribution >= 4 is 17.7 Å². The lowest BCUT2D eigenvalue weighted by molar-refractivity contribution is -0.120. The highest BCUT2D eigenvalue weighted by Crippen LogP contribution is 2.27. The van der Waals surface area contributed by atoms with Gasteiger partial charge in [0.15, 0.2) is 0 Å². The molecule has 0 radical (unpaired) electrons. The minimum atomic E-state index is -0.701. The van der Waals surface area contributed by atoms with Gasteiger partial charge >= 0.3 is 0 Å². The Morgan fingerprint density at radius 3 is 2.80 bits per heavy atom. The van der Waals surface area contributed by atoms with E-state index in [4.69, 9.17) is 10.2 Å². The number of aromatic nitrogens is 2. The number of nitrogens with zero attached hydrogens (tertiary/aromatic N) is 3. The fourth-order valence-electron chi connectivity index (χ4n) is 2.23. The second-order valence-corrected chi connectivity index (χ2v) is 5.68. The Labute approximate surface area is 121 Å². The van der Waals surface area contributed by atoms with Gasteiger partial charge in [0, 0.05) is 0 Å². The van der Waals surface area contributed by atoms with E-state index in [0.717, 1.165) is 43.9 Å². The molecule has 1 fully saturated rings. The third-order valence-corrected chi connectivity index (χ3v) is 4.07. The summed E-state index contributed by atoms with van der Waals surface area (Å²) in [6, 6.07) is 2.25. The lowest BCUT2D eigenvalue weighted by atomic mass is 9.83. The summed E-state index contributed by atoms with van der Waals surface area (Å²) < 4.78 is 5.20. The molecule has 20 heavy (non-hydrogen) atoms. The first kappa shape index (κ1) is 14.8. The summed E-state index contributed by atoms with van der Waals surface area (Å²) in [7, 11) is 0. The van der Waals surface area contributed by atoms with Crippen molar-refractivity contribution < 1.29 is 9.21 Å². The van der Waals surface area contributed by atoms with Crippen LogP contribution in [-0.2, 0) is 11.3 Å². The van der Waals surface area contributed by atoms with Crippen LogP contribution >= 0.6 is 11.8 Å². The van der Waals surface area contributed by atoms with E-state index in [1.165, 1.54) is 0 Å². The smallest absolute Gasteiger partial charge is 0.277 e. The molecule has 7 nitrogen and oxygen atoms in total. The van der Waals surface area contributed by atoms with Gasteiger partial charge in [-0.3, -0.25) is 4.79 Å². The molecule has 1 aromatic heterocycles. The maximum atomic E-state index is 11.9. The van der Waals surface area contributed by atoms with Crippen LogP contribution in [0.3, 0.4) is 0 Å². The number of hydrogen-bond acceptors (Lipinski definition) is 7. The van der Waals surface area contributed by atoms with Gasteiger partial charge in [0.1, 0.15) is 5.54 Å². The minimum absolute atomic E-state index is 0.148. The van der Waals surface area contributed by atoms with E-state index in [9.17, 15) is 10.1 Å². The van der Waals surface area contributed by atoms with Crippen molar-refractivity contribution in [3.8, 4) is 6.07 Å². The molecule has 0 saturated heterocycles. The molecule has 0 bridgehead atoms. The monoisotopic (exact) mass is 295 g/mol. The van der Waals surface area contributed by atoms with Crippen LogP contribution in [0.15, 0.2) is 9.64 Å². The van der Waals surface area contributed by atoms with Crippen molar-refractivity contribution in [1.29, 1.82) is 5.26 Å². The van der Waals surface area contributed by atoms with Crippen LogP contribution in [0.4, 0.5) is 0 Å². The second kappa shape index (κ2) is 6.72. The zero-order valence-corrected chi connectivity index (χ0v) is 11.9. The zero-order chi connectivity index (χ0) is 14.4. The van der Waals surface area contributed by atoms with E-state index in [0.29, 0.717) is 11.1 Å². The van der Waals surface area contributed by atoms with Crippen molar-refractivity contribution in [3.63, 3.8) is 0 Å². The summed E-state index contributed by atoms with van der Waals surface area (Å²) in [5, 5.41) is 19.9. The Bertz CT molecular complexity index is 504. The summed E-state index contributed by atoms with van der Waals surface area (Å²) in [4.78, 5) is 11.9. The van der Waals surface area contributed by atoms with E-state index >= 15 is 0 Å². The number of nitrogens with two attached hydrogens (primary N) is 1. The third-order valence-electron chi connectivity index (χ3n) is 3.25. The molecule has 1 amide bonds. The van der Waals surface area contributed by atoms with Crippen molar-refractivity contribution in [2.45, 2.75) is 49.4 Å². The molecule has 2 rings (SSSR count). The summed E-state index contributed by atoms with van der Waals surface area (Å²) >= 11 is 1.15. The number of thioether (sulfide) groups is 1. The molecule has 1 aromatic rings. The Morgan fingerprint density at radius 2 is 2.20 bits per heavy atom. The van der Waals surface area contributed by atoms with E-state index in [2.05, 4.69) is 21.6 Å². The molecule has 0 atom stereocenters. The van der Waals surface area contributed by atoms with Gasteiger partial charge in [-0.25, -0.2) is 0 Å². The van der Waals surface area contributed by atoms with E-state index < -0.39 is 5.54 Å². The van der Waals surface area contributed by atoms with E-state index in [1.807, 2.05) is 0 Å². The first-order valence-corrected chi connectivity index (χ1v) is 7.53. The number of hydrogen-bond donors (Lipinski definition) is 2. The molecule has 0 aromatic carbocycles. The SMILES string of the molecule is N#CC1(NC(=O)CSc2nnc(CN)o2)CCCCC1. The number of carbonyl (C=O) groups excluding carboxylic acids is 1.